The van der Waals surface area contributed by atoms with Crippen LogP contribution in [-0.2, 0) is 6.42 Å². The summed E-state index contributed by atoms with van der Waals surface area (Å²) in [4.78, 5) is 0. The van der Waals surface area contributed by atoms with Gasteiger partial charge in [-0.25, -0.2) is 0 Å². The van der Waals surface area contributed by atoms with E-state index in [0.717, 1.165) is 25.1 Å². The van der Waals surface area contributed by atoms with Gasteiger partial charge in [-0.05, 0) is 37.4 Å². The molecule has 2 rings (SSSR count). The van der Waals surface area contributed by atoms with Crippen LogP contribution in [0.5, 0.6) is 5.75 Å². The van der Waals surface area contributed by atoms with Gasteiger partial charge in [-0.2, -0.15) is 0 Å². The third-order valence-electron chi connectivity index (χ3n) is 3.59. The van der Waals surface area contributed by atoms with Crippen molar-refractivity contribution in [2.45, 2.75) is 44.8 Å². The van der Waals surface area contributed by atoms with Gasteiger partial charge in [0.15, 0.2) is 0 Å². The highest BCUT2D eigenvalue weighted by Gasteiger charge is 2.22. The molecule has 0 aliphatic carbocycles. The molecule has 0 bridgehead atoms. The van der Waals surface area contributed by atoms with Crippen molar-refractivity contribution >= 4 is 0 Å². The lowest BCUT2D eigenvalue weighted by Crippen LogP contribution is -2.35. The Balaban J connectivity index is 1.77. The Bertz CT molecular complexity index is 361. The SMILES string of the molecule is CCc1ccccc1OCCC(O)C1CCCN1. The molecule has 1 saturated heterocycles. The molecular formula is C15H23NO2. The molecule has 0 saturated carbocycles. The molecule has 100 valence electrons. The van der Waals surface area contributed by atoms with Gasteiger partial charge in [-0.1, -0.05) is 25.1 Å². The van der Waals surface area contributed by atoms with E-state index in [1.54, 1.807) is 0 Å². The van der Waals surface area contributed by atoms with Crippen molar-refractivity contribution in [3.05, 3.63) is 29.8 Å². The Kier molecular flexibility index (Phi) is 5.02. The quantitative estimate of drug-likeness (QED) is 0.811. The average molecular weight is 249 g/mol. The van der Waals surface area contributed by atoms with Crippen LogP contribution in [0.25, 0.3) is 0 Å². The van der Waals surface area contributed by atoms with E-state index in [-0.39, 0.29) is 12.1 Å². The molecule has 0 amide bonds. The van der Waals surface area contributed by atoms with E-state index < -0.39 is 0 Å². The molecular weight excluding hydrogens is 226 g/mol. The van der Waals surface area contributed by atoms with Crippen molar-refractivity contribution in [3.8, 4) is 5.75 Å². The molecule has 1 aromatic carbocycles. The summed E-state index contributed by atoms with van der Waals surface area (Å²) < 4.78 is 5.77. The average Bonchev–Trinajstić information content (AvgIpc) is 2.93. The molecule has 18 heavy (non-hydrogen) atoms. The Morgan fingerprint density at radius 2 is 2.28 bits per heavy atom. The summed E-state index contributed by atoms with van der Waals surface area (Å²) in [5, 5.41) is 13.3. The second kappa shape index (κ2) is 6.76. The van der Waals surface area contributed by atoms with E-state index in [4.69, 9.17) is 4.74 Å². The van der Waals surface area contributed by atoms with Gasteiger partial charge >= 0.3 is 0 Å². The summed E-state index contributed by atoms with van der Waals surface area (Å²) in [5.41, 5.74) is 1.23. The molecule has 1 aromatic rings. The fourth-order valence-electron chi connectivity index (χ4n) is 2.47. The first kappa shape index (κ1) is 13.4. The highest BCUT2D eigenvalue weighted by molar-refractivity contribution is 5.33. The van der Waals surface area contributed by atoms with Gasteiger partial charge in [0.1, 0.15) is 5.75 Å². The summed E-state index contributed by atoms with van der Waals surface area (Å²) in [6.45, 7) is 3.73. The normalized spacial score (nSPS) is 20.9. The molecule has 0 radical (unpaired) electrons. The molecule has 0 aromatic heterocycles. The van der Waals surface area contributed by atoms with Crippen LogP contribution in [0.15, 0.2) is 24.3 Å². The fraction of sp³-hybridized carbons (Fsp3) is 0.600. The zero-order valence-electron chi connectivity index (χ0n) is 11.1. The van der Waals surface area contributed by atoms with Gasteiger partial charge in [0, 0.05) is 12.5 Å². The minimum Gasteiger partial charge on any atom is -0.493 e. The van der Waals surface area contributed by atoms with E-state index in [9.17, 15) is 5.11 Å². The van der Waals surface area contributed by atoms with E-state index in [2.05, 4.69) is 18.3 Å². The van der Waals surface area contributed by atoms with Crippen LogP contribution in [0.1, 0.15) is 31.7 Å². The molecule has 1 heterocycles. The van der Waals surface area contributed by atoms with Crippen LogP contribution < -0.4 is 10.1 Å². The Morgan fingerprint density at radius 1 is 1.44 bits per heavy atom. The standard InChI is InChI=1S/C15H23NO2/c1-2-12-6-3-4-8-15(12)18-11-9-14(17)13-7-5-10-16-13/h3-4,6,8,13-14,16-17H,2,5,7,9-11H2,1H3. The summed E-state index contributed by atoms with van der Waals surface area (Å²) in [6, 6.07) is 8.37. The maximum absolute atomic E-state index is 10.0. The Morgan fingerprint density at radius 3 is 3.00 bits per heavy atom. The van der Waals surface area contributed by atoms with Gasteiger partial charge in [-0.3, -0.25) is 0 Å². The molecule has 1 aliphatic rings. The molecule has 3 nitrogen and oxygen atoms in total. The second-order valence-corrected chi connectivity index (χ2v) is 4.87. The first-order chi connectivity index (χ1) is 8.81. The van der Waals surface area contributed by atoms with Crippen molar-refractivity contribution in [3.63, 3.8) is 0 Å². The van der Waals surface area contributed by atoms with Crippen molar-refractivity contribution in [2.24, 2.45) is 0 Å². The van der Waals surface area contributed by atoms with Gasteiger partial charge in [0.25, 0.3) is 0 Å². The lowest BCUT2D eigenvalue weighted by Gasteiger charge is -2.18. The number of rotatable bonds is 6. The zero-order valence-corrected chi connectivity index (χ0v) is 11.1. The van der Waals surface area contributed by atoms with Crippen molar-refractivity contribution < 1.29 is 9.84 Å². The highest BCUT2D eigenvalue weighted by atomic mass is 16.5. The smallest absolute Gasteiger partial charge is 0.122 e. The van der Waals surface area contributed by atoms with Crippen LogP contribution in [0.4, 0.5) is 0 Å². The Labute approximate surface area is 109 Å². The van der Waals surface area contributed by atoms with Crippen molar-refractivity contribution in [1.82, 2.24) is 5.32 Å². The first-order valence-electron chi connectivity index (χ1n) is 6.93. The Hall–Kier alpha value is -1.06. The summed E-state index contributed by atoms with van der Waals surface area (Å²) in [7, 11) is 0. The maximum Gasteiger partial charge on any atom is 0.122 e. The number of nitrogens with one attached hydrogen (secondary N) is 1. The molecule has 2 atom stereocenters. The molecule has 2 unspecified atom stereocenters. The number of ether oxygens (including phenoxy) is 1. The molecule has 0 spiro atoms. The number of para-hydroxylation sites is 1. The largest absolute Gasteiger partial charge is 0.493 e. The third kappa shape index (κ3) is 3.47. The van der Waals surface area contributed by atoms with Crippen LogP contribution in [0.3, 0.4) is 0 Å². The molecule has 3 heteroatoms. The molecule has 2 N–H and O–H groups in total. The molecule has 1 fully saturated rings. The third-order valence-corrected chi connectivity index (χ3v) is 3.59. The molecule has 1 aliphatic heterocycles. The van der Waals surface area contributed by atoms with Crippen molar-refractivity contribution in [1.29, 1.82) is 0 Å². The van der Waals surface area contributed by atoms with Crippen LogP contribution in [-0.4, -0.2) is 30.4 Å². The van der Waals surface area contributed by atoms with E-state index in [1.165, 1.54) is 12.0 Å². The number of aryl methyl sites for hydroxylation is 1. The predicted molar refractivity (Wildman–Crippen MR) is 73.0 cm³/mol. The number of hydrogen-bond donors (Lipinski definition) is 2. The van der Waals surface area contributed by atoms with Crippen LogP contribution in [0.2, 0.25) is 0 Å². The number of benzene rings is 1. The summed E-state index contributed by atoms with van der Waals surface area (Å²) in [6.07, 6.45) is 3.62. The fourth-order valence-corrected chi connectivity index (χ4v) is 2.47. The predicted octanol–water partition coefficient (Wildman–Crippen LogP) is 2.13. The van der Waals surface area contributed by atoms with Gasteiger partial charge in [0.2, 0.25) is 0 Å². The van der Waals surface area contributed by atoms with E-state index in [1.807, 2.05) is 18.2 Å². The van der Waals surface area contributed by atoms with E-state index >= 15 is 0 Å². The van der Waals surface area contributed by atoms with Gasteiger partial charge in [-0.15, -0.1) is 0 Å². The summed E-state index contributed by atoms with van der Waals surface area (Å²) in [5.74, 6) is 0.951. The summed E-state index contributed by atoms with van der Waals surface area (Å²) >= 11 is 0. The van der Waals surface area contributed by atoms with Crippen LogP contribution >= 0.6 is 0 Å². The number of aliphatic hydroxyl groups excluding tert-OH is 1. The minimum atomic E-state index is -0.290. The highest BCUT2D eigenvalue weighted by Crippen LogP contribution is 2.19. The lowest BCUT2D eigenvalue weighted by atomic mass is 10.1. The topological polar surface area (TPSA) is 41.5 Å². The minimum absolute atomic E-state index is 0.259. The maximum atomic E-state index is 10.0. The van der Waals surface area contributed by atoms with Crippen molar-refractivity contribution in [2.75, 3.05) is 13.2 Å². The van der Waals surface area contributed by atoms with Gasteiger partial charge in [0.05, 0.1) is 12.7 Å². The van der Waals surface area contributed by atoms with E-state index in [0.29, 0.717) is 13.0 Å². The number of hydrogen-bond acceptors (Lipinski definition) is 3. The monoisotopic (exact) mass is 249 g/mol. The number of aliphatic hydroxyl groups is 1. The second-order valence-electron chi connectivity index (χ2n) is 4.87. The van der Waals surface area contributed by atoms with Crippen LogP contribution in [0, 0.1) is 0 Å². The van der Waals surface area contributed by atoms with Gasteiger partial charge < -0.3 is 15.2 Å². The first-order valence-corrected chi connectivity index (χ1v) is 6.93. The lowest BCUT2D eigenvalue weighted by molar-refractivity contribution is 0.107. The zero-order chi connectivity index (χ0) is 12.8.